The van der Waals surface area contributed by atoms with E-state index in [0.717, 1.165) is 25.0 Å². The van der Waals surface area contributed by atoms with E-state index in [9.17, 15) is 9.59 Å². The molecule has 0 atom stereocenters. The molecular formula is C19H26N2O5. The second-order valence-corrected chi connectivity index (χ2v) is 6.56. The van der Waals surface area contributed by atoms with Crippen molar-refractivity contribution >= 4 is 11.8 Å². The Kier molecular flexibility index (Phi) is 6.46. The Hall–Kier alpha value is -2.12. The molecule has 0 aliphatic carbocycles. The third-order valence-corrected chi connectivity index (χ3v) is 4.70. The van der Waals surface area contributed by atoms with Crippen LogP contribution in [0.3, 0.4) is 0 Å². The predicted molar refractivity (Wildman–Crippen MR) is 94.8 cm³/mol. The molecule has 0 N–H and O–H groups in total. The van der Waals surface area contributed by atoms with Gasteiger partial charge in [-0.15, -0.1) is 0 Å². The van der Waals surface area contributed by atoms with Gasteiger partial charge in [-0.1, -0.05) is 0 Å². The third kappa shape index (κ3) is 4.74. The number of hydroxylamine groups is 2. The Bertz CT molecular complexity index is 605. The van der Waals surface area contributed by atoms with Crippen LogP contribution in [0.25, 0.3) is 0 Å². The van der Waals surface area contributed by atoms with Gasteiger partial charge in [0.1, 0.15) is 11.9 Å². The molecule has 0 unspecified atom stereocenters. The topological polar surface area (TPSA) is 68.3 Å². The molecule has 3 rings (SSSR count). The van der Waals surface area contributed by atoms with E-state index in [1.54, 1.807) is 19.2 Å². The van der Waals surface area contributed by atoms with Gasteiger partial charge in [0.15, 0.2) is 0 Å². The van der Waals surface area contributed by atoms with E-state index in [4.69, 9.17) is 14.3 Å². The average molecular weight is 362 g/mol. The highest BCUT2D eigenvalue weighted by Crippen LogP contribution is 2.21. The first-order chi connectivity index (χ1) is 12.7. The SMILES string of the molecule is COCCC(=O)N1CCC(Oc2ccc(C(=O)N3CCCO3)cc2)CC1. The van der Waals surface area contributed by atoms with Crippen LogP contribution in [0.4, 0.5) is 0 Å². The van der Waals surface area contributed by atoms with Gasteiger partial charge < -0.3 is 14.4 Å². The van der Waals surface area contributed by atoms with Crippen LogP contribution in [0.1, 0.15) is 36.0 Å². The van der Waals surface area contributed by atoms with E-state index >= 15 is 0 Å². The number of likely N-dealkylation sites (tertiary alicyclic amines) is 1. The molecule has 0 bridgehead atoms. The molecular weight excluding hydrogens is 336 g/mol. The van der Waals surface area contributed by atoms with Gasteiger partial charge >= 0.3 is 0 Å². The molecule has 7 nitrogen and oxygen atoms in total. The summed E-state index contributed by atoms with van der Waals surface area (Å²) in [5, 5.41) is 1.41. The minimum absolute atomic E-state index is 0.0879. The Morgan fingerprint density at radius 3 is 2.50 bits per heavy atom. The first-order valence-corrected chi connectivity index (χ1v) is 9.15. The fourth-order valence-electron chi connectivity index (χ4n) is 3.19. The summed E-state index contributed by atoms with van der Waals surface area (Å²) in [5.74, 6) is 0.766. The van der Waals surface area contributed by atoms with Crippen LogP contribution in [-0.2, 0) is 14.4 Å². The molecule has 2 aliphatic heterocycles. The summed E-state index contributed by atoms with van der Waals surface area (Å²) in [6.07, 6.45) is 3.00. The number of piperidine rings is 1. The van der Waals surface area contributed by atoms with Crippen molar-refractivity contribution < 1.29 is 23.9 Å². The fourth-order valence-corrected chi connectivity index (χ4v) is 3.19. The third-order valence-electron chi connectivity index (χ3n) is 4.70. The minimum atomic E-state index is -0.114. The number of carbonyl (C=O) groups is 2. The molecule has 142 valence electrons. The van der Waals surface area contributed by atoms with Gasteiger partial charge in [0.2, 0.25) is 5.91 Å². The van der Waals surface area contributed by atoms with Crippen molar-refractivity contribution in [1.29, 1.82) is 0 Å². The van der Waals surface area contributed by atoms with E-state index in [-0.39, 0.29) is 17.9 Å². The van der Waals surface area contributed by atoms with E-state index in [2.05, 4.69) is 0 Å². The van der Waals surface area contributed by atoms with Gasteiger partial charge in [-0.3, -0.25) is 14.4 Å². The Labute approximate surface area is 153 Å². The van der Waals surface area contributed by atoms with Crippen LogP contribution in [0.5, 0.6) is 5.75 Å². The maximum absolute atomic E-state index is 12.2. The number of carbonyl (C=O) groups excluding carboxylic acids is 2. The first-order valence-electron chi connectivity index (χ1n) is 9.15. The molecule has 0 spiro atoms. The van der Waals surface area contributed by atoms with E-state index in [0.29, 0.717) is 44.8 Å². The molecule has 7 heteroatoms. The van der Waals surface area contributed by atoms with Gasteiger partial charge in [0.05, 0.1) is 26.2 Å². The summed E-state index contributed by atoms with van der Waals surface area (Å²) in [4.78, 5) is 31.4. The number of ether oxygens (including phenoxy) is 2. The molecule has 1 aromatic rings. The number of hydrogen-bond donors (Lipinski definition) is 0. The lowest BCUT2D eigenvalue weighted by Crippen LogP contribution is -2.42. The van der Waals surface area contributed by atoms with Gasteiger partial charge in [-0.25, -0.2) is 5.06 Å². The predicted octanol–water partition coefficient (Wildman–Crippen LogP) is 1.87. The number of amides is 2. The Balaban J connectivity index is 1.46. The highest BCUT2D eigenvalue weighted by atomic mass is 16.7. The van der Waals surface area contributed by atoms with E-state index < -0.39 is 0 Å². The molecule has 0 saturated carbocycles. The zero-order chi connectivity index (χ0) is 18.4. The molecule has 26 heavy (non-hydrogen) atoms. The van der Waals surface area contributed by atoms with E-state index in [1.165, 1.54) is 5.06 Å². The highest BCUT2D eigenvalue weighted by Gasteiger charge is 2.24. The van der Waals surface area contributed by atoms with Crippen molar-refractivity contribution in [2.24, 2.45) is 0 Å². The number of methoxy groups -OCH3 is 1. The zero-order valence-electron chi connectivity index (χ0n) is 15.2. The van der Waals surface area contributed by atoms with Crippen molar-refractivity contribution in [2.45, 2.75) is 31.8 Å². The standard InChI is InChI=1S/C19H26N2O5/c1-24-14-9-18(22)20-11-7-17(8-12-20)26-16-5-3-15(4-6-16)19(23)21-10-2-13-25-21/h3-6,17H,2,7-14H2,1H3. The van der Waals surface area contributed by atoms with Crippen molar-refractivity contribution in [2.75, 3.05) is 40.0 Å². The Morgan fingerprint density at radius 2 is 1.88 bits per heavy atom. The molecule has 2 saturated heterocycles. The first kappa shape index (κ1) is 18.7. The van der Waals surface area contributed by atoms with Crippen LogP contribution >= 0.6 is 0 Å². The van der Waals surface area contributed by atoms with Gasteiger partial charge in [0.25, 0.3) is 5.91 Å². The van der Waals surface area contributed by atoms with Crippen LogP contribution in [0, 0.1) is 0 Å². The fraction of sp³-hybridized carbons (Fsp3) is 0.579. The molecule has 2 fully saturated rings. The normalized spacial score (nSPS) is 18.2. The molecule has 2 heterocycles. The molecule has 1 aromatic carbocycles. The number of rotatable bonds is 6. The van der Waals surface area contributed by atoms with Crippen molar-refractivity contribution in [3.8, 4) is 5.75 Å². The summed E-state index contributed by atoms with van der Waals surface area (Å²) in [6.45, 7) is 3.10. The average Bonchev–Trinajstić information content (AvgIpc) is 3.21. The zero-order valence-corrected chi connectivity index (χ0v) is 15.2. The maximum Gasteiger partial charge on any atom is 0.277 e. The lowest BCUT2D eigenvalue weighted by Gasteiger charge is -2.32. The molecule has 0 radical (unpaired) electrons. The quantitative estimate of drug-likeness (QED) is 0.773. The summed E-state index contributed by atoms with van der Waals surface area (Å²) < 4.78 is 11.0. The van der Waals surface area contributed by atoms with Gasteiger partial charge in [0, 0.05) is 38.6 Å². The second-order valence-electron chi connectivity index (χ2n) is 6.56. The Morgan fingerprint density at radius 1 is 1.15 bits per heavy atom. The minimum Gasteiger partial charge on any atom is -0.490 e. The second kappa shape index (κ2) is 9.00. The highest BCUT2D eigenvalue weighted by molar-refractivity contribution is 5.93. The van der Waals surface area contributed by atoms with Crippen molar-refractivity contribution in [1.82, 2.24) is 9.96 Å². The van der Waals surface area contributed by atoms with Crippen LogP contribution in [-0.4, -0.2) is 67.8 Å². The number of benzene rings is 1. The van der Waals surface area contributed by atoms with Gasteiger partial charge in [-0.05, 0) is 30.7 Å². The van der Waals surface area contributed by atoms with Gasteiger partial charge in [-0.2, -0.15) is 0 Å². The molecule has 2 amide bonds. The largest absolute Gasteiger partial charge is 0.490 e. The number of nitrogens with zero attached hydrogens (tertiary/aromatic N) is 2. The molecule has 2 aliphatic rings. The maximum atomic E-state index is 12.2. The summed E-state index contributed by atoms with van der Waals surface area (Å²) in [7, 11) is 1.60. The van der Waals surface area contributed by atoms with E-state index in [1.807, 2.05) is 17.0 Å². The van der Waals surface area contributed by atoms with Crippen LogP contribution in [0.15, 0.2) is 24.3 Å². The lowest BCUT2D eigenvalue weighted by molar-refractivity contribution is -0.133. The summed E-state index contributed by atoms with van der Waals surface area (Å²) in [6, 6.07) is 7.17. The van der Waals surface area contributed by atoms with Crippen LogP contribution in [0.2, 0.25) is 0 Å². The summed E-state index contributed by atoms with van der Waals surface area (Å²) >= 11 is 0. The smallest absolute Gasteiger partial charge is 0.277 e. The van der Waals surface area contributed by atoms with Crippen molar-refractivity contribution in [3.05, 3.63) is 29.8 Å². The number of hydrogen-bond acceptors (Lipinski definition) is 5. The van der Waals surface area contributed by atoms with Crippen molar-refractivity contribution in [3.63, 3.8) is 0 Å². The monoisotopic (exact) mass is 362 g/mol. The van der Waals surface area contributed by atoms with Crippen LogP contribution < -0.4 is 4.74 Å². The molecule has 0 aromatic heterocycles. The summed E-state index contributed by atoms with van der Waals surface area (Å²) in [5.41, 5.74) is 0.595. The lowest BCUT2D eigenvalue weighted by atomic mass is 10.1.